The molecule has 1 aliphatic carbocycles. The van der Waals surface area contributed by atoms with E-state index in [0.717, 1.165) is 25.7 Å². The van der Waals surface area contributed by atoms with Gasteiger partial charge in [0.05, 0.1) is 12.6 Å². The van der Waals surface area contributed by atoms with Crippen molar-refractivity contribution >= 4 is 19.8 Å². The minimum Gasteiger partial charge on any atom is -0.391 e. The van der Waals surface area contributed by atoms with Crippen molar-refractivity contribution in [3.05, 3.63) is 0 Å². The summed E-state index contributed by atoms with van der Waals surface area (Å²) in [5.41, 5.74) is 5.27. The van der Waals surface area contributed by atoms with E-state index in [-0.39, 0.29) is 30.8 Å². The lowest BCUT2D eigenvalue weighted by Gasteiger charge is -2.29. The number of carbonyl (C=O) groups is 2. The minimum absolute atomic E-state index is 0.0862. The maximum Gasteiger partial charge on any atom is 0.242 e. The van der Waals surface area contributed by atoms with Gasteiger partial charge in [-0.25, -0.2) is 0 Å². The highest BCUT2D eigenvalue weighted by Gasteiger charge is 2.26. The zero-order chi connectivity index (χ0) is 19.7. The second-order valence-corrected chi connectivity index (χ2v) is 8.81. The van der Waals surface area contributed by atoms with Crippen LogP contribution in [0.1, 0.15) is 46.0 Å². The summed E-state index contributed by atoms with van der Waals surface area (Å²) in [5.74, 6) is -0.106. The number of nitrogens with two attached hydrogens (primary N) is 1. The lowest BCUT2D eigenvalue weighted by Crippen LogP contribution is -2.52. The van der Waals surface area contributed by atoms with Crippen LogP contribution in [0.2, 0.25) is 0 Å². The average Bonchev–Trinajstić information content (AvgIpc) is 2.58. The predicted octanol–water partition coefficient (Wildman–Crippen LogP) is 0.227. The Bertz CT molecular complexity index is 481. The van der Waals surface area contributed by atoms with Crippen LogP contribution in [0.4, 0.5) is 0 Å². The van der Waals surface area contributed by atoms with Gasteiger partial charge in [-0.05, 0) is 37.0 Å². The second kappa shape index (κ2) is 11.7. The Hall–Kier alpha value is -0.950. The summed E-state index contributed by atoms with van der Waals surface area (Å²) in [6, 6.07) is -0.671. The van der Waals surface area contributed by atoms with Gasteiger partial charge >= 0.3 is 0 Å². The fourth-order valence-corrected chi connectivity index (χ4v) is 4.38. The molecule has 9 heteroatoms. The molecule has 1 rings (SSSR count). The fourth-order valence-electron chi connectivity index (χ4n) is 3.48. The van der Waals surface area contributed by atoms with E-state index >= 15 is 0 Å². The molecule has 0 radical (unpaired) electrons. The molecular weight excluding hydrogens is 357 g/mol. The van der Waals surface area contributed by atoms with Crippen molar-refractivity contribution in [3.8, 4) is 0 Å². The Morgan fingerprint density at radius 1 is 1.19 bits per heavy atom. The van der Waals surface area contributed by atoms with Gasteiger partial charge in [-0.1, -0.05) is 26.7 Å². The minimum atomic E-state index is -2.40. The summed E-state index contributed by atoms with van der Waals surface area (Å²) >= 11 is 0. The Kier molecular flexibility index (Phi) is 10.4. The van der Waals surface area contributed by atoms with Gasteiger partial charge in [0.15, 0.2) is 8.03 Å². The Balaban J connectivity index is 2.34. The number of hydrogen-bond donors (Lipinski definition) is 5. The van der Waals surface area contributed by atoms with Crippen molar-refractivity contribution < 1.29 is 24.2 Å². The van der Waals surface area contributed by atoms with Crippen LogP contribution < -0.4 is 16.4 Å². The SMILES string of the molecule is CC(C)[C@H](NC(=O)CN)C(=O)NC[C@H](O)CC1CCC(C[PH](=O)O)CC1. The molecule has 1 unspecified atom stereocenters. The molecule has 1 fully saturated rings. The van der Waals surface area contributed by atoms with Crippen LogP contribution in [-0.2, 0) is 14.2 Å². The molecule has 152 valence electrons. The van der Waals surface area contributed by atoms with E-state index in [1.807, 2.05) is 13.8 Å². The van der Waals surface area contributed by atoms with E-state index in [1.54, 1.807) is 0 Å². The summed E-state index contributed by atoms with van der Waals surface area (Å²) in [5, 5.41) is 15.5. The molecule has 0 spiro atoms. The molecule has 2 amide bonds. The molecule has 0 aliphatic heterocycles. The summed E-state index contributed by atoms with van der Waals surface area (Å²) < 4.78 is 10.9. The van der Waals surface area contributed by atoms with Gasteiger partial charge in [-0.15, -0.1) is 0 Å². The van der Waals surface area contributed by atoms with Gasteiger partial charge in [0.1, 0.15) is 6.04 Å². The monoisotopic (exact) mass is 391 g/mol. The Morgan fingerprint density at radius 3 is 2.27 bits per heavy atom. The number of aliphatic hydroxyl groups excluding tert-OH is 1. The van der Waals surface area contributed by atoms with Crippen LogP contribution in [0.25, 0.3) is 0 Å². The molecule has 0 aromatic heterocycles. The maximum absolute atomic E-state index is 12.3. The molecule has 1 aliphatic rings. The predicted molar refractivity (Wildman–Crippen MR) is 101 cm³/mol. The third kappa shape index (κ3) is 8.62. The van der Waals surface area contributed by atoms with Crippen molar-refractivity contribution in [1.82, 2.24) is 10.6 Å². The number of aliphatic hydroxyl groups is 1. The van der Waals surface area contributed by atoms with Gasteiger partial charge in [-0.3, -0.25) is 14.2 Å². The van der Waals surface area contributed by atoms with Gasteiger partial charge in [-0.2, -0.15) is 0 Å². The first-order valence-electron chi connectivity index (χ1n) is 9.39. The fraction of sp³-hybridized carbons (Fsp3) is 0.882. The number of nitrogens with one attached hydrogen (secondary N) is 2. The lowest BCUT2D eigenvalue weighted by molar-refractivity contribution is -0.129. The zero-order valence-corrected chi connectivity index (χ0v) is 16.7. The molecule has 0 saturated heterocycles. The Morgan fingerprint density at radius 2 is 1.77 bits per heavy atom. The highest BCUT2D eigenvalue weighted by molar-refractivity contribution is 7.38. The molecule has 8 nitrogen and oxygen atoms in total. The summed E-state index contributed by atoms with van der Waals surface area (Å²) in [6.45, 7) is 3.63. The number of carbonyl (C=O) groups excluding carboxylic acids is 2. The van der Waals surface area contributed by atoms with E-state index in [1.165, 1.54) is 0 Å². The lowest BCUT2D eigenvalue weighted by atomic mass is 9.80. The molecule has 6 N–H and O–H groups in total. The first kappa shape index (κ1) is 23.1. The van der Waals surface area contributed by atoms with Crippen molar-refractivity contribution in [3.63, 3.8) is 0 Å². The van der Waals surface area contributed by atoms with Crippen LogP contribution >= 0.6 is 8.03 Å². The van der Waals surface area contributed by atoms with Crippen molar-refractivity contribution in [1.29, 1.82) is 0 Å². The van der Waals surface area contributed by atoms with E-state index in [9.17, 15) is 19.3 Å². The van der Waals surface area contributed by atoms with Gasteiger partial charge in [0.25, 0.3) is 0 Å². The number of hydrogen-bond acceptors (Lipinski definition) is 5. The van der Waals surface area contributed by atoms with Crippen LogP contribution in [0.3, 0.4) is 0 Å². The van der Waals surface area contributed by atoms with Crippen molar-refractivity contribution in [2.24, 2.45) is 23.5 Å². The summed E-state index contributed by atoms with van der Waals surface area (Å²) in [4.78, 5) is 32.7. The molecule has 0 aromatic rings. The van der Waals surface area contributed by atoms with E-state index in [0.29, 0.717) is 24.4 Å². The van der Waals surface area contributed by atoms with E-state index < -0.39 is 20.2 Å². The molecular formula is C17H34N3O5P. The summed E-state index contributed by atoms with van der Waals surface area (Å²) in [6.07, 6.45) is 4.07. The van der Waals surface area contributed by atoms with Gasteiger partial charge in [0.2, 0.25) is 11.8 Å². The highest BCUT2D eigenvalue weighted by atomic mass is 31.1. The smallest absolute Gasteiger partial charge is 0.242 e. The largest absolute Gasteiger partial charge is 0.391 e. The zero-order valence-electron chi connectivity index (χ0n) is 15.7. The topological polar surface area (TPSA) is 142 Å². The molecule has 0 aromatic carbocycles. The highest BCUT2D eigenvalue weighted by Crippen LogP contribution is 2.35. The number of amides is 2. The van der Waals surface area contributed by atoms with Crippen molar-refractivity contribution in [2.75, 3.05) is 19.3 Å². The van der Waals surface area contributed by atoms with Gasteiger partial charge < -0.3 is 26.4 Å². The quantitative estimate of drug-likeness (QED) is 0.337. The third-order valence-corrected chi connectivity index (χ3v) is 5.92. The molecule has 0 bridgehead atoms. The molecule has 0 heterocycles. The third-order valence-electron chi connectivity index (χ3n) is 5.00. The van der Waals surface area contributed by atoms with Gasteiger partial charge in [0, 0.05) is 12.7 Å². The Labute approximate surface area is 156 Å². The van der Waals surface area contributed by atoms with E-state index in [2.05, 4.69) is 10.6 Å². The van der Waals surface area contributed by atoms with Crippen LogP contribution in [0.5, 0.6) is 0 Å². The second-order valence-electron chi connectivity index (χ2n) is 7.61. The first-order valence-corrected chi connectivity index (χ1v) is 11.0. The van der Waals surface area contributed by atoms with Crippen LogP contribution in [0.15, 0.2) is 0 Å². The average molecular weight is 391 g/mol. The summed E-state index contributed by atoms with van der Waals surface area (Å²) in [7, 11) is -2.40. The molecule has 26 heavy (non-hydrogen) atoms. The van der Waals surface area contributed by atoms with Crippen LogP contribution in [-0.4, -0.2) is 53.2 Å². The number of rotatable bonds is 10. The maximum atomic E-state index is 12.3. The standard InChI is InChI=1S/C17H34N3O5P/c1-11(2)16(20-15(22)8-18)17(23)19-9-14(21)7-12-3-5-13(6-4-12)10-26(24)25/h11-14,16,21,26H,3-10,18H2,1-2H3,(H,19,23)(H,20,22)(H,24,25)/t12?,13?,14-,16+/m1/s1. The van der Waals surface area contributed by atoms with Crippen molar-refractivity contribution in [2.45, 2.75) is 58.1 Å². The normalized spacial score (nSPS) is 23.9. The first-order chi connectivity index (χ1) is 12.2. The van der Waals surface area contributed by atoms with E-state index in [4.69, 9.17) is 10.6 Å². The van der Waals surface area contributed by atoms with Crippen LogP contribution in [0, 0.1) is 17.8 Å². The molecule has 1 saturated carbocycles. The molecule has 3 atom stereocenters.